The average molecular weight is 421 g/mol. The second kappa shape index (κ2) is 8.25. The minimum Gasteiger partial charge on any atom is -0.318 e. The van der Waals surface area contributed by atoms with E-state index in [0.717, 1.165) is 25.7 Å². The van der Waals surface area contributed by atoms with E-state index in [4.69, 9.17) is 0 Å². The molecule has 1 heterocycles. The van der Waals surface area contributed by atoms with Crippen LogP contribution in [0.1, 0.15) is 55.2 Å². The Kier molecular flexibility index (Phi) is 6.01. The molecule has 1 aliphatic rings. The molecule has 138 valence electrons. The van der Waals surface area contributed by atoms with Gasteiger partial charge < -0.3 is 4.57 Å². The summed E-state index contributed by atoms with van der Waals surface area (Å²) in [6.45, 7) is 0. The van der Waals surface area contributed by atoms with Gasteiger partial charge in [-0.2, -0.15) is 4.91 Å². The number of aromatic nitrogens is 1. The summed E-state index contributed by atoms with van der Waals surface area (Å²) in [6, 6.07) is 7.62. The van der Waals surface area contributed by atoms with Crippen molar-refractivity contribution < 1.29 is 4.39 Å². The number of hydrogen-bond donors (Lipinski definition) is 0. The average Bonchev–Trinajstić information content (AvgIpc) is 3.14. The van der Waals surface area contributed by atoms with Crippen molar-refractivity contribution in [3.63, 3.8) is 0 Å². The fourth-order valence-electron chi connectivity index (χ4n) is 4.03. The third kappa shape index (κ3) is 4.11. The molecule has 2 unspecified atom stereocenters. The first kappa shape index (κ1) is 19.0. The van der Waals surface area contributed by atoms with E-state index < -0.39 is 6.04 Å². The molecule has 2 atom stereocenters. The predicted molar refractivity (Wildman–Crippen MR) is 104 cm³/mol. The molecule has 1 saturated carbocycles. The Labute approximate surface area is 160 Å². The summed E-state index contributed by atoms with van der Waals surface area (Å²) in [6.07, 6.45) is 6.46. The largest absolute Gasteiger partial charge is 0.318 e. The molecule has 1 fully saturated rings. The molecule has 2 aromatic rings. The highest BCUT2D eigenvalue weighted by atomic mass is 79.9. The zero-order valence-corrected chi connectivity index (χ0v) is 16.3. The van der Waals surface area contributed by atoms with E-state index >= 15 is 0 Å². The van der Waals surface area contributed by atoms with Crippen LogP contribution in [0.15, 0.2) is 51.0 Å². The van der Waals surface area contributed by atoms with Gasteiger partial charge in [-0.05, 0) is 60.4 Å². The first-order valence-electron chi connectivity index (χ1n) is 8.93. The van der Waals surface area contributed by atoms with Crippen LogP contribution >= 0.6 is 15.9 Å². The first-order chi connectivity index (χ1) is 12.5. The number of hydrogen-bond acceptors (Lipinski definition) is 3. The lowest BCUT2D eigenvalue weighted by atomic mass is 9.79. The molecule has 26 heavy (non-hydrogen) atoms. The van der Waals surface area contributed by atoms with Crippen LogP contribution in [0.25, 0.3) is 0 Å². The molecule has 1 aliphatic carbocycles. The molecule has 1 aromatic heterocycles. The number of aryl methyl sites for hydroxylation is 1. The van der Waals surface area contributed by atoms with Gasteiger partial charge in [0.15, 0.2) is 0 Å². The molecule has 0 radical (unpaired) electrons. The van der Waals surface area contributed by atoms with Gasteiger partial charge in [0.2, 0.25) is 5.56 Å². The smallest absolute Gasteiger partial charge is 0.250 e. The first-order valence-corrected chi connectivity index (χ1v) is 9.73. The van der Waals surface area contributed by atoms with Gasteiger partial charge in [0.1, 0.15) is 11.9 Å². The van der Waals surface area contributed by atoms with Crippen molar-refractivity contribution in [2.45, 2.75) is 44.1 Å². The molecule has 0 aliphatic heterocycles. The highest BCUT2D eigenvalue weighted by Gasteiger charge is 2.31. The van der Waals surface area contributed by atoms with E-state index in [1.807, 2.05) is 12.1 Å². The summed E-state index contributed by atoms with van der Waals surface area (Å²) in [5, 5.41) is 3.32. The summed E-state index contributed by atoms with van der Waals surface area (Å²) < 4.78 is 16.8. The van der Waals surface area contributed by atoms with Crippen LogP contribution in [0, 0.1) is 16.6 Å². The molecule has 0 saturated heterocycles. The van der Waals surface area contributed by atoms with Crippen molar-refractivity contribution in [3.05, 3.63) is 73.2 Å². The molecule has 1 aromatic carbocycles. The maximum atomic E-state index is 14.6. The molecule has 0 bridgehead atoms. The lowest BCUT2D eigenvalue weighted by Crippen LogP contribution is -2.18. The van der Waals surface area contributed by atoms with Crippen LogP contribution in [-0.2, 0) is 7.05 Å². The second-order valence-electron chi connectivity index (χ2n) is 7.09. The maximum Gasteiger partial charge on any atom is 0.250 e. The van der Waals surface area contributed by atoms with Crippen LogP contribution in [0.4, 0.5) is 4.39 Å². The van der Waals surface area contributed by atoms with Crippen LogP contribution in [-0.4, -0.2) is 4.57 Å². The van der Waals surface area contributed by atoms with Crippen LogP contribution in [0.2, 0.25) is 0 Å². The highest BCUT2D eigenvalue weighted by Crippen LogP contribution is 2.44. The Morgan fingerprint density at radius 3 is 2.62 bits per heavy atom. The zero-order chi connectivity index (χ0) is 18.7. The minimum absolute atomic E-state index is 0.0643. The van der Waals surface area contributed by atoms with Crippen molar-refractivity contribution in [1.29, 1.82) is 0 Å². The van der Waals surface area contributed by atoms with Crippen molar-refractivity contribution in [1.82, 2.24) is 4.57 Å². The van der Waals surface area contributed by atoms with Crippen molar-refractivity contribution in [2.24, 2.45) is 18.1 Å². The molecule has 0 amide bonds. The standard InChI is InChI=1S/C20H22BrFN2O2/c1-24-12-14(6-9-20(24)25)19(23-26)11-17(13-4-2-3-5-13)16-8-7-15(21)10-18(16)22/h6-10,12-13,17,19H,2-5,11H2,1H3. The molecule has 0 spiro atoms. The number of nitrogens with zero attached hydrogens (tertiary/aromatic N) is 2. The van der Waals surface area contributed by atoms with Gasteiger partial charge in [-0.25, -0.2) is 4.39 Å². The van der Waals surface area contributed by atoms with Crippen molar-refractivity contribution in [3.8, 4) is 0 Å². The normalized spacial score (nSPS) is 17.2. The van der Waals surface area contributed by atoms with Crippen LogP contribution < -0.4 is 5.56 Å². The van der Waals surface area contributed by atoms with Crippen LogP contribution in [0.3, 0.4) is 0 Å². The predicted octanol–water partition coefficient (Wildman–Crippen LogP) is 5.46. The van der Waals surface area contributed by atoms with Crippen LogP contribution in [0.5, 0.6) is 0 Å². The van der Waals surface area contributed by atoms with Gasteiger partial charge in [-0.3, -0.25) is 4.79 Å². The van der Waals surface area contributed by atoms with E-state index in [0.29, 0.717) is 27.9 Å². The zero-order valence-electron chi connectivity index (χ0n) is 14.7. The van der Waals surface area contributed by atoms with Gasteiger partial charge >= 0.3 is 0 Å². The van der Waals surface area contributed by atoms with Gasteiger partial charge in [-0.15, -0.1) is 0 Å². The molecular formula is C20H22BrFN2O2. The molecule has 3 rings (SSSR count). The van der Waals surface area contributed by atoms with E-state index in [1.165, 1.54) is 16.7 Å². The number of halogens is 2. The molecule has 6 heteroatoms. The lowest BCUT2D eigenvalue weighted by Gasteiger charge is -2.26. The number of benzene rings is 1. The van der Waals surface area contributed by atoms with E-state index in [-0.39, 0.29) is 17.3 Å². The number of pyridine rings is 1. The SMILES string of the molecule is Cn1cc(C(CC(c2ccc(Br)cc2F)C2CCCC2)N=O)ccc1=O. The summed E-state index contributed by atoms with van der Waals surface area (Å²) >= 11 is 3.30. The van der Waals surface area contributed by atoms with E-state index in [2.05, 4.69) is 21.1 Å². The second-order valence-corrected chi connectivity index (χ2v) is 8.00. The number of nitroso groups, excluding NO2 is 1. The Hall–Kier alpha value is -1.82. The maximum absolute atomic E-state index is 14.6. The van der Waals surface area contributed by atoms with Gasteiger partial charge in [0.05, 0.1) is 0 Å². The third-order valence-corrected chi connectivity index (χ3v) is 5.92. The fourth-order valence-corrected chi connectivity index (χ4v) is 4.36. The van der Waals surface area contributed by atoms with E-state index in [9.17, 15) is 14.1 Å². The topological polar surface area (TPSA) is 51.4 Å². The summed E-state index contributed by atoms with van der Waals surface area (Å²) in [4.78, 5) is 23.2. The van der Waals surface area contributed by atoms with Crippen molar-refractivity contribution in [2.75, 3.05) is 0 Å². The number of rotatable bonds is 6. The summed E-state index contributed by atoms with van der Waals surface area (Å²) in [5.41, 5.74) is 1.21. The Morgan fingerprint density at radius 2 is 2.00 bits per heavy atom. The summed E-state index contributed by atoms with van der Waals surface area (Å²) in [7, 11) is 1.65. The fraction of sp³-hybridized carbons (Fsp3) is 0.450. The molecule has 4 nitrogen and oxygen atoms in total. The van der Waals surface area contributed by atoms with E-state index in [1.54, 1.807) is 19.3 Å². The van der Waals surface area contributed by atoms with Gasteiger partial charge in [0.25, 0.3) is 0 Å². The molecule has 0 N–H and O–H groups in total. The lowest BCUT2D eigenvalue weighted by molar-refractivity contribution is 0.375. The Bertz CT molecular complexity index is 846. The summed E-state index contributed by atoms with van der Waals surface area (Å²) in [5.74, 6) is 0.0365. The Balaban J connectivity index is 1.94. The molecular weight excluding hydrogens is 399 g/mol. The van der Waals surface area contributed by atoms with Gasteiger partial charge in [0, 0.05) is 23.8 Å². The minimum atomic E-state index is -0.601. The highest BCUT2D eigenvalue weighted by molar-refractivity contribution is 9.10. The van der Waals surface area contributed by atoms with Crippen molar-refractivity contribution >= 4 is 15.9 Å². The third-order valence-electron chi connectivity index (χ3n) is 5.43. The monoisotopic (exact) mass is 420 g/mol. The van der Waals surface area contributed by atoms with Gasteiger partial charge in [-0.1, -0.05) is 40.0 Å². The Morgan fingerprint density at radius 1 is 1.27 bits per heavy atom. The quantitative estimate of drug-likeness (QED) is 0.582.